The number of rotatable bonds is 5. The topological polar surface area (TPSA) is 42.7 Å². The van der Waals surface area contributed by atoms with Crippen LogP contribution in [0.15, 0.2) is 33.2 Å². The molecule has 0 aliphatic carbocycles. The molecule has 2 rings (SSSR count). The summed E-state index contributed by atoms with van der Waals surface area (Å²) in [6.45, 7) is 1.29. The van der Waals surface area contributed by atoms with Crippen molar-refractivity contribution in [3.05, 3.63) is 34.5 Å². The van der Waals surface area contributed by atoms with Crippen LogP contribution in [-0.2, 0) is 4.74 Å². The Bertz CT molecular complexity index is 579. The standard InChI is InChI=1S/C14H16BrNO3/c1-16(6-3-7-18-2)14(17)13-9-10-8-11(15)4-5-12(10)19-13/h4-5,8-9H,3,6-7H2,1-2H3. The van der Waals surface area contributed by atoms with E-state index >= 15 is 0 Å². The predicted octanol–water partition coefficient (Wildman–Crippen LogP) is 3.30. The van der Waals surface area contributed by atoms with Gasteiger partial charge in [-0.3, -0.25) is 4.79 Å². The first-order valence-electron chi connectivity index (χ1n) is 6.05. The molecule has 19 heavy (non-hydrogen) atoms. The molecule has 0 bridgehead atoms. The fourth-order valence-electron chi connectivity index (χ4n) is 1.86. The number of carbonyl (C=O) groups is 1. The van der Waals surface area contributed by atoms with Crippen LogP contribution in [0.2, 0.25) is 0 Å². The third-order valence-electron chi connectivity index (χ3n) is 2.88. The van der Waals surface area contributed by atoms with Gasteiger partial charge in [-0.25, -0.2) is 0 Å². The average molecular weight is 326 g/mol. The lowest BCUT2D eigenvalue weighted by Gasteiger charge is -2.14. The van der Waals surface area contributed by atoms with Crippen LogP contribution in [0.1, 0.15) is 17.0 Å². The van der Waals surface area contributed by atoms with Crippen LogP contribution >= 0.6 is 15.9 Å². The van der Waals surface area contributed by atoms with Gasteiger partial charge >= 0.3 is 0 Å². The van der Waals surface area contributed by atoms with Crippen LogP contribution in [0.5, 0.6) is 0 Å². The fourth-order valence-corrected chi connectivity index (χ4v) is 2.23. The molecule has 0 unspecified atom stereocenters. The number of fused-ring (bicyclic) bond motifs is 1. The van der Waals surface area contributed by atoms with Gasteiger partial charge in [-0.05, 0) is 30.7 Å². The molecule has 1 aromatic heterocycles. The average Bonchev–Trinajstić information content (AvgIpc) is 2.80. The number of hydrogen-bond donors (Lipinski definition) is 0. The third kappa shape index (κ3) is 3.36. The maximum Gasteiger partial charge on any atom is 0.289 e. The zero-order chi connectivity index (χ0) is 13.8. The van der Waals surface area contributed by atoms with Gasteiger partial charge in [0.15, 0.2) is 5.76 Å². The van der Waals surface area contributed by atoms with Gasteiger partial charge in [0.05, 0.1) is 0 Å². The summed E-state index contributed by atoms with van der Waals surface area (Å²) in [7, 11) is 3.42. The molecule has 0 saturated carbocycles. The lowest BCUT2D eigenvalue weighted by atomic mass is 10.2. The van der Waals surface area contributed by atoms with E-state index in [1.165, 1.54) is 0 Å². The molecule has 0 spiro atoms. The van der Waals surface area contributed by atoms with Crippen LogP contribution in [0, 0.1) is 0 Å². The molecule has 0 fully saturated rings. The van der Waals surface area contributed by atoms with Gasteiger partial charge in [-0.15, -0.1) is 0 Å². The second-order valence-electron chi connectivity index (χ2n) is 4.37. The first-order valence-corrected chi connectivity index (χ1v) is 6.84. The molecule has 4 nitrogen and oxygen atoms in total. The molecular weight excluding hydrogens is 310 g/mol. The molecule has 5 heteroatoms. The largest absolute Gasteiger partial charge is 0.451 e. The lowest BCUT2D eigenvalue weighted by Crippen LogP contribution is -2.27. The number of benzene rings is 1. The molecule has 2 aromatic rings. The highest BCUT2D eigenvalue weighted by atomic mass is 79.9. The minimum absolute atomic E-state index is 0.108. The van der Waals surface area contributed by atoms with E-state index < -0.39 is 0 Å². The van der Waals surface area contributed by atoms with Gasteiger partial charge in [-0.1, -0.05) is 15.9 Å². The number of furan rings is 1. The molecular formula is C14H16BrNO3. The maximum atomic E-state index is 12.2. The van der Waals surface area contributed by atoms with Gasteiger partial charge < -0.3 is 14.1 Å². The minimum Gasteiger partial charge on any atom is -0.451 e. The number of nitrogens with zero attached hydrogens (tertiary/aromatic N) is 1. The second kappa shape index (κ2) is 6.21. The number of halogens is 1. The minimum atomic E-state index is -0.108. The molecule has 0 aliphatic heterocycles. The molecule has 0 radical (unpaired) electrons. The zero-order valence-corrected chi connectivity index (χ0v) is 12.6. The highest BCUT2D eigenvalue weighted by Crippen LogP contribution is 2.23. The Labute approximate surface area is 120 Å². The molecule has 0 aliphatic rings. The van der Waals surface area contributed by atoms with Crippen molar-refractivity contribution in [3.8, 4) is 0 Å². The van der Waals surface area contributed by atoms with E-state index in [4.69, 9.17) is 9.15 Å². The molecule has 102 valence electrons. The monoisotopic (exact) mass is 325 g/mol. The summed E-state index contributed by atoms with van der Waals surface area (Å²) in [6.07, 6.45) is 0.810. The summed E-state index contributed by atoms with van der Waals surface area (Å²) in [5.41, 5.74) is 0.719. The Morgan fingerprint density at radius 2 is 2.21 bits per heavy atom. The SMILES string of the molecule is COCCCN(C)C(=O)c1cc2cc(Br)ccc2o1. The second-order valence-corrected chi connectivity index (χ2v) is 5.28. The van der Waals surface area contributed by atoms with Gasteiger partial charge in [0, 0.05) is 37.2 Å². The number of hydrogen-bond acceptors (Lipinski definition) is 3. The van der Waals surface area contributed by atoms with E-state index in [-0.39, 0.29) is 5.91 Å². The van der Waals surface area contributed by atoms with Crippen LogP contribution in [0.3, 0.4) is 0 Å². The van der Waals surface area contributed by atoms with E-state index in [1.807, 2.05) is 18.2 Å². The predicted molar refractivity (Wildman–Crippen MR) is 77.4 cm³/mol. The number of amides is 1. The van der Waals surface area contributed by atoms with Crippen molar-refractivity contribution in [3.63, 3.8) is 0 Å². The lowest BCUT2D eigenvalue weighted by molar-refractivity contribution is 0.0750. The van der Waals surface area contributed by atoms with E-state index in [9.17, 15) is 4.79 Å². The van der Waals surface area contributed by atoms with Gasteiger partial charge in [0.25, 0.3) is 5.91 Å². The van der Waals surface area contributed by atoms with Crippen LogP contribution in [0.25, 0.3) is 11.0 Å². The van der Waals surface area contributed by atoms with Crippen molar-refractivity contribution >= 4 is 32.8 Å². The molecule has 1 heterocycles. The zero-order valence-electron chi connectivity index (χ0n) is 11.0. The first kappa shape index (κ1) is 14.1. The van der Waals surface area contributed by atoms with E-state index in [1.54, 1.807) is 25.1 Å². The Morgan fingerprint density at radius 3 is 2.95 bits per heavy atom. The highest BCUT2D eigenvalue weighted by Gasteiger charge is 2.16. The van der Waals surface area contributed by atoms with Gasteiger partial charge in [0.2, 0.25) is 0 Å². The van der Waals surface area contributed by atoms with Gasteiger partial charge in [0.1, 0.15) is 5.58 Å². The van der Waals surface area contributed by atoms with E-state index in [0.717, 1.165) is 21.9 Å². The Kier molecular flexibility index (Phi) is 4.61. The number of methoxy groups -OCH3 is 1. The summed E-state index contributed by atoms with van der Waals surface area (Å²) in [6, 6.07) is 7.44. The van der Waals surface area contributed by atoms with E-state index in [0.29, 0.717) is 18.9 Å². The van der Waals surface area contributed by atoms with Crippen molar-refractivity contribution in [2.24, 2.45) is 0 Å². The van der Waals surface area contributed by atoms with Crippen molar-refractivity contribution in [2.75, 3.05) is 27.3 Å². The summed E-state index contributed by atoms with van der Waals surface area (Å²) < 4.78 is 11.5. The Hall–Kier alpha value is -1.33. The maximum absolute atomic E-state index is 12.2. The summed E-state index contributed by atoms with van der Waals surface area (Å²) >= 11 is 3.40. The van der Waals surface area contributed by atoms with E-state index in [2.05, 4.69) is 15.9 Å². The normalized spacial score (nSPS) is 10.9. The highest BCUT2D eigenvalue weighted by molar-refractivity contribution is 9.10. The first-order chi connectivity index (χ1) is 9.11. The molecule has 1 aromatic carbocycles. The summed E-state index contributed by atoms with van der Waals surface area (Å²) in [5.74, 6) is 0.261. The number of ether oxygens (including phenoxy) is 1. The van der Waals surface area contributed by atoms with Crippen LogP contribution < -0.4 is 0 Å². The Balaban J connectivity index is 2.12. The molecule has 1 amide bonds. The fraction of sp³-hybridized carbons (Fsp3) is 0.357. The van der Waals surface area contributed by atoms with Crippen LogP contribution in [0.4, 0.5) is 0 Å². The van der Waals surface area contributed by atoms with Crippen LogP contribution in [-0.4, -0.2) is 38.1 Å². The Morgan fingerprint density at radius 1 is 1.42 bits per heavy atom. The third-order valence-corrected chi connectivity index (χ3v) is 3.37. The van der Waals surface area contributed by atoms with Crippen molar-refractivity contribution in [2.45, 2.75) is 6.42 Å². The molecule has 0 saturated heterocycles. The van der Waals surface area contributed by atoms with Crippen molar-refractivity contribution < 1.29 is 13.9 Å². The summed E-state index contributed by atoms with van der Waals surface area (Å²) in [5, 5.41) is 0.919. The quantitative estimate of drug-likeness (QED) is 0.792. The number of carbonyl (C=O) groups excluding carboxylic acids is 1. The van der Waals surface area contributed by atoms with Gasteiger partial charge in [-0.2, -0.15) is 0 Å². The molecule has 0 N–H and O–H groups in total. The summed E-state index contributed by atoms with van der Waals surface area (Å²) in [4.78, 5) is 13.8. The van der Waals surface area contributed by atoms with Crippen molar-refractivity contribution in [1.82, 2.24) is 4.90 Å². The molecule has 0 atom stereocenters. The van der Waals surface area contributed by atoms with Crippen molar-refractivity contribution in [1.29, 1.82) is 0 Å². The smallest absolute Gasteiger partial charge is 0.289 e.